The van der Waals surface area contributed by atoms with Crippen molar-refractivity contribution >= 4 is 17.4 Å². The van der Waals surface area contributed by atoms with E-state index >= 15 is 0 Å². The molecule has 1 aromatic heterocycles. The van der Waals surface area contributed by atoms with Crippen LogP contribution in [0, 0.1) is 0 Å². The molecule has 17 heavy (non-hydrogen) atoms. The van der Waals surface area contributed by atoms with Crippen LogP contribution in [0.5, 0.6) is 0 Å². The van der Waals surface area contributed by atoms with E-state index in [1.54, 1.807) is 11.8 Å². The van der Waals surface area contributed by atoms with Crippen LogP contribution < -0.4 is 4.90 Å². The lowest BCUT2D eigenvalue weighted by atomic mass is 10.2. The lowest BCUT2D eigenvalue weighted by molar-refractivity contribution is 0.276. The van der Waals surface area contributed by atoms with Gasteiger partial charge in [-0.15, -0.1) is 0 Å². The van der Waals surface area contributed by atoms with E-state index in [0.717, 1.165) is 23.8 Å². The van der Waals surface area contributed by atoms with Crippen molar-refractivity contribution in [1.29, 1.82) is 0 Å². The lowest BCUT2D eigenvalue weighted by Crippen LogP contribution is -2.23. The molecular weight excluding hydrogens is 234 g/mol. The van der Waals surface area contributed by atoms with Gasteiger partial charge < -0.3 is 10.0 Å². The fraction of sp³-hybridized carbons (Fsp3) is 0.667. The van der Waals surface area contributed by atoms with Crippen LogP contribution in [0.25, 0.3) is 0 Å². The highest BCUT2D eigenvalue weighted by atomic mass is 32.2. The first-order valence-electron chi connectivity index (χ1n) is 5.76. The third-order valence-electron chi connectivity index (χ3n) is 2.57. The first kappa shape index (κ1) is 14.3. The normalized spacial score (nSPS) is 10.9. The third-order valence-corrected chi connectivity index (χ3v) is 3.16. The van der Waals surface area contributed by atoms with Gasteiger partial charge in [-0.25, -0.2) is 9.97 Å². The molecule has 4 nitrogen and oxygen atoms in total. The summed E-state index contributed by atoms with van der Waals surface area (Å²) in [4.78, 5) is 10.8. The zero-order chi connectivity index (χ0) is 12.8. The Kier molecular flexibility index (Phi) is 5.71. The molecule has 0 atom stereocenters. The predicted molar refractivity (Wildman–Crippen MR) is 73.7 cm³/mol. The highest BCUT2D eigenvalue weighted by Crippen LogP contribution is 2.19. The van der Waals surface area contributed by atoms with Gasteiger partial charge in [0.25, 0.3) is 0 Å². The summed E-state index contributed by atoms with van der Waals surface area (Å²) in [5.74, 6) is 2.12. The van der Waals surface area contributed by atoms with Gasteiger partial charge in [0, 0.05) is 25.3 Å². The van der Waals surface area contributed by atoms with E-state index in [1.807, 2.05) is 27.1 Å². The highest BCUT2D eigenvalue weighted by Gasteiger charge is 2.11. The molecule has 0 aliphatic carbocycles. The van der Waals surface area contributed by atoms with E-state index in [1.165, 1.54) is 0 Å². The molecule has 0 fully saturated rings. The van der Waals surface area contributed by atoms with Crippen molar-refractivity contribution in [1.82, 2.24) is 9.97 Å². The van der Waals surface area contributed by atoms with Crippen molar-refractivity contribution in [3.05, 3.63) is 17.7 Å². The smallest absolute Gasteiger partial charge is 0.131 e. The number of aromatic nitrogens is 2. The molecule has 0 spiro atoms. The number of hydrogen-bond acceptors (Lipinski definition) is 5. The molecule has 5 heteroatoms. The van der Waals surface area contributed by atoms with Crippen LogP contribution in [0.1, 0.15) is 31.3 Å². The van der Waals surface area contributed by atoms with Gasteiger partial charge >= 0.3 is 0 Å². The van der Waals surface area contributed by atoms with Crippen molar-refractivity contribution in [2.75, 3.05) is 30.5 Å². The maximum Gasteiger partial charge on any atom is 0.131 e. The average molecular weight is 255 g/mol. The Bertz CT molecular complexity index is 358. The second-order valence-electron chi connectivity index (χ2n) is 4.29. The molecule has 1 aromatic rings. The molecule has 1 rings (SSSR count). The number of thioether (sulfide) groups is 1. The molecule has 1 N–H and O–H groups in total. The monoisotopic (exact) mass is 255 g/mol. The molecule has 0 saturated heterocycles. The molecule has 96 valence electrons. The molecule has 0 aliphatic heterocycles. The fourth-order valence-corrected chi connectivity index (χ4v) is 1.94. The molecule has 0 unspecified atom stereocenters. The molecule has 0 bridgehead atoms. The minimum Gasteiger partial charge on any atom is -0.390 e. The molecule has 1 heterocycles. The average Bonchev–Trinajstić information content (AvgIpc) is 2.34. The Hall–Kier alpha value is -0.810. The van der Waals surface area contributed by atoms with Crippen LogP contribution in [0.3, 0.4) is 0 Å². The largest absolute Gasteiger partial charge is 0.390 e. The van der Waals surface area contributed by atoms with Gasteiger partial charge in [0.2, 0.25) is 0 Å². The quantitative estimate of drug-likeness (QED) is 0.841. The van der Waals surface area contributed by atoms with Gasteiger partial charge in [0.15, 0.2) is 0 Å². The van der Waals surface area contributed by atoms with Crippen molar-refractivity contribution in [2.24, 2.45) is 0 Å². The number of nitrogens with zero attached hydrogens (tertiary/aromatic N) is 3. The van der Waals surface area contributed by atoms with Crippen LogP contribution in [0.4, 0.5) is 5.69 Å². The molecule has 0 radical (unpaired) electrons. The number of rotatable bonds is 6. The second-order valence-corrected chi connectivity index (χ2v) is 5.27. The summed E-state index contributed by atoms with van der Waals surface area (Å²) < 4.78 is 0. The highest BCUT2D eigenvalue weighted by molar-refractivity contribution is 7.98. The molecule has 0 aliphatic rings. The Balaban J connectivity index is 2.91. The van der Waals surface area contributed by atoms with E-state index in [-0.39, 0.29) is 12.5 Å². The van der Waals surface area contributed by atoms with Crippen LogP contribution in [0.15, 0.2) is 6.20 Å². The van der Waals surface area contributed by atoms with E-state index in [2.05, 4.69) is 21.1 Å². The summed E-state index contributed by atoms with van der Waals surface area (Å²) in [6, 6.07) is 0. The summed E-state index contributed by atoms with van der Waals surface area (Å²) in [5.41, 5.74) is 1.64. The van der Waals surface area contributed by atoms with Crippen molar-refractivity contribution in [3.63, 3.8) is 0 Å². The summed E-state index contributed by atoms with van der Waals surface area (Å²) in [7, 11) is 2.00. The summed E-state index contributed by atoms with van der Waals surface area (Å²) in [5, 5.41) is 9.38. The number of aliphatic hydroxyl groups excluding tert-OH is 1. The van der Waals surface area contributed by atoms with Crippen LogP contribution in [-0.4, -0.2) is 40.7 Å². The zero-order valence-corrected chi connectivity index (χ0v) is 11.8. The van der Waals surface area contributed by atoms with Gasteiger partial charge in [-0.1, -0.05) is 13.8 Å². The van der Waals surface area contributed by atoms with Gasteiger partial charge in [-0.05, 0) is 6.26 Å². The van der Waals surface area contributed by atoms with E-state index in [0.29, 0.717) is 5.69 Å². The maximum atomic E-state index is 9.38. The van der Waals surface area contributed by atoms with Crippen LogP contribution in [0.2, 0.25) is 0 Å². The minimum atomic E-state index is -0.0405. The van der Waals surface area contributed by atoms with Crippen molar-refractivity contribution < 1.29 is 5.11 Å². The molecule has 0 aromatic carbocycles. The zero-order valence-electron chi connectivity index (χ0n) is 11.0. The van der Waals surface area contributed by atoms with E-state index in [9.17, 15) is 5.11 Å². The third kappa shape index (κ3) is 3.85. The van der Waals surface area contributed by atoms with Gasteiger partial charge in [-0.2, -0.15) is 11.8 Å². The minimum absolute atomic E-state index is 0.0405. The molecular formula is C12H21N3OS. The Morgan fingerprint density at radius 3 is 2.71 bits per heavy atom. The standard InChI is InChI=1S/C12H21N3OS/c1-9(2)12-13-7-11(10(8-16)14-12)15(3)5-6-17-4/h7,9,16H,5-6,8H2,1-4H3. The SMILES string of the molecule is CSCCN(C)c1cnc(C(C)C)nc1CO. The summed E-state index contributed by atoms with van der Waals surface area (Å²) >= 11 is 1.80. The maximum absolute atomic E-state index is 9.38. The van der Waals surface area contributed by atoms with Crippen LogP contribution in [-0.2, 0) is 6.61 Å². The first-order chi connectivity index (χ1) is 8.10. The van der Waals surface area contributed by atoms with Gasteiger partial charge in [-0.3, -0.25) is 0 Å². The molecule has 0 saturated carbocycles. The number of hydrogen-bond donors (Lipinski definition) is 1. The van der Waals surface area contributed by atoms with Gasteiger partial charge in [0.05, 0.1) is 24.2 Å². The van der Waals surface area contributed by atoms with E-state index in [4.69, 9.17) is 0 Å². The predicted octanol–water partition coefficient (Wildman–Crippen LogP) is 1.89. The molecule has 0 amide bonds. The Morgan fingerprint density at radius 1 is 1.47 bits per heavy atom. The van der Waals surface area contributed by atoms with E-state index < -0.39 is 0 Å². The van der Waals surface area contributed by atoms with Crippen LogP contribution >= 0.6 is 11.8 Å². The topological polar surface area (TPSA) is 49.2 Å². The second kappa shape index (κ2) is 6.81. The fourth-order valence-electron chi connectivity index (χ4n) is 1.49. The Labute approximate surface area is 107 Å². The van der Waals surface area contributed by atoms with Crippen molar-refractivity contribution in [2.45, 2.75) is 26.4 Å². The van der Waals surface area contributed by atoms with Gasteiger partial charge in [0.1, 0.15) is 5.82 Å². The number of anilines is 1. The Morgan fingerprint density at radius 2 is 2.18 bits per heavy atom. The lowest BCUT2D eigenvalue weighted by Gasteiger charge is -2.21. The first-order valence-corrected chi connectivity index (χ1v) is 7.16. The summed E-state index contributed by atoms with van der Waals surface area (Å²) in [6.45, 7) is 4.99. The van der Waals surface area contributed by atoms with Crippen molar-refractivity contribution in [3.8, 4) is 0 Å². The number of aliphatic hydroxyl groups is 1. The summed E-state index contributed by atoms with van der Waals surface area (Å²) in [6.07, 6.45) is 3.90.